The lowest BCUT2D eigenvalue weighted by molar-refractivity contribution is -0.385. The standard InChI is InChI=1S/C23H25N3O8/c1-12(2)34-18-10-15(16(26(29)30)11-17(18)32-4)21-19(22(27)33-5)20(24-23(28)25-21)13-6-8-14(31-3)9-7-13/h6-12,21H,1-5H3,(H2,24,25,28). The number of carbonyl (C=O) groups is 2. The first-order chi connectivity index (χ1) is 16.2. The summed E-state index contributed by atoms with van der Waals surface area (Å²) in [5.41, 5.74) is 0.282. The van der Waals surface area contributed by atoms with E-state index < -0.39 is 23.0 Å². The van der Waals surface area contributed by atoms with Crippen LogP contribution in [0.3, 0.4) is 0 Å². The van der Waals surface area contributed by atoms with Crippen LogP contribution in [0.25, 0.3) is 5.70 Å². The molecule has 3 rings (SSSR count). The van der Waals surface area contributed by atoms with Crippen LogP contribution in [0.2, 0.25) is 0 Å². The maximum atomic E-state index is 12.9. The molecule has 1 heterocycles. The monoisotopic (exact) mass is 471 g/mol. The highest BCUT2D eigenvalue weighted by atomic mass is 16.6. The van der Waals surface area contributed by atoms with Crippen LogP contribution in [0.5, 0.6) is 17.2 Å². The first kappa shape index (κ1) is 24.4. The Labute approximate surface area is 195 Å². The summed E-state index contributed by atoms with van der Waals surface area (Å²) in [5, 5.41) is 17.2. The van der Waals surface area contributed by atoms with Crippen molar-refractivity contribution >= 4 is 23.4 Å². The third-order valence-electron chi connectivity index (χ3n) is 5.04. The number of urea groups is 1. The zero-order chi connectivity index (χ0) is 25.0. The van der Waals surface area contributed by atoms with E-state index in [-0.39, 0.29) is 40.1 Å². The number of nitrogens with one attached hydrogen (secondary N) is 2. The van der Waals surface area contributed by atoms with Crippen LogP contribution in [0.1, 0.15) is 31.0 Å². The first-order valence-electron chi connectivity index (χ1n) is 10.3. The predicted octanol–water partition coefficient (Wildman–Crippen LogP) is 3.34. The molecule has 34 heavy (non-hydrogen) atoms. The Kier molecular flexibility index (Phi) is 7.24. The molecule has 1 unspecified atom stereocenters. The second kappa shape index (κ2) is 10.1. The number of hydrogen-bond donors (Lipinski definition) is 2. The smallest absolute Gasteiger partial charge is 0.338 e. The topological polar surface area (TPSA) is 138 Å². The molecule has 1 aliphatic heterocycles. The van der Waals surface area contributed by atoms with E-state index in [0.717, 1.165) is 0 Å². The highest BCUT2D eigenvalue weighted by Gasteiger charge is 2.38. The van der Waals surface area contributed by atoms with Crippen LogP contribution >= 0.6 is 0 Å². The summed E-state index contributed by atoms with van der Waals surface area (Å²) in [7, 11) is 4.06. The van der Waals surface area contributed by atoms with Crippen LogP contribution in [0, 0.1) is 10.1 Å². The normalized spacial score (nSPS) is 15.4. The van der Waals surface area contributed by atoms with Crippen molar-refractivity contribution in [3.8, 4) is 17.2 Å². The highest BCUT2D eigenvalue weighted by molar-refractivity contribution is 6.04. The minimum atomic E-state index is -1.21. The number of benzene rings is 2. The van der Waals surface area contributed by atoms with Crippen molar-refractivity contribution in [1.82, 2.24) is 10.6 Å². The van der Waals surface area contributed by atoms with E-state index in [2.05, 4.69) is 10.6 Å². The van der Waals surface area contributed by atoms with E-state index in [9.17, 15) is 19.7 Å². The summed E-state index contributed by atoms with van der Waals surface area (Å²) < 4.78 is 21.2. The SMILES string of the molecule is COC(=O)C1=C(c2ccc(OC)cc2)NC(=O)NC1c1cc(OC(C)C)c(OC)cc1[N+](=O)[O-]. The van der Waals surface area contributed by atoms with Crippen molar-refractivity contribution in [1.29, 1.82) is 0 Å². The molecule has 1 aliphatic rings. The van der Waals surface area contributed by atoms with E-state index >= 15 is 0 Å². The van der Waals surface area contributed by atoms with Crippen molar-refractivity contribution < 1.29 is 33.5 Å². The van der Waals surface area contributed by atoms with Gasteiger partial charge in [0.2, 0.25) is 0 Å². The maximum absolute atomic E-state index is 12.9. The number of methoxy groups -OCH3 is 3. The number of amides is 2. The Hall–Kier alpha value is -4.28. The molecule has 0 aromatic heterocycles. The fraction of sp³-hybridized carbons (Fsp3) is 0.304. The van der Waals surface area contributed by atoms with Gasteiger partial charge in [0, 0.05) is 0 Å². The summed E-state index contributed by atoms with van der Waals surface area (Å²) in [6.07, 6.45) is -0.267. The van der Waals surface area contributed by atoms with Gasteiger partial charge in [0.15, 0.2) is 11.5 Å². The second-order valence-electron chi connectivity index (χ2n) is 7.53. The summed E-state index contributed by atoms with van der Waals surface area (Å²) in [5.74, 6) is 0.159. The van der Waals surface area contributed by atoms with Crippen molar-refractivity contribution in [2.24, 2.45) is 0 Å². The predicted molar refractivity (Wildman–Crippen MR) is 122 cm³/mol. The second-order valence-corrected chi connectivity index (χ2v) is 7.53. The van der Waals surface area contributed by atoms with Gasteiger partial charge < -0.3 is 29.6 Å². The lowest BCUT2D eigenvalue weighted by Gasteiger charge is -2.29. The zero-order valence-corrected chi connectivity index (χ0v) is 19.3. The van der Waals surface area contributed by atoms with E-state index in [4.69, 9.17) is 18.9 Å². The Morgan fingerprint density at radius 1 is 1.06 bits per heavy atom. The number of ether oxygens (including phenoxy) is 4. The molecule has 0 bridgehead atoms. The quantitative estimate of drug-likeness (QED) is 0.340. The molecule has 0 fully saturated rings. The van der Waals surface area contributed by atoms with Gasteiger partial charge in [0.1, 0.15) is 5.75 Å². The van der Waals surface area contributed by atoms with Gasteiger partial charge in [-0.1, -0.05) is 0 Å². The Balaban J connectivity index is 2.29. The van der Waals surface area contributed by atoms with Crippen LogP contribution in [-0.4, -0.2) is 44.4 Å². The maximum Gasteiger partial charge on any atom is 0.338 e. The molecule has 2 aromatic rings. The van der Waals surface area contributed by atoms with Crippen molar-refractivity contribution in [2.45, 2.75) is 26.0 Å². The molecule has 1 atom stereocenters. The molecule has 11 heteroatoms. The molecule has 2 N–H and O–H groups in total. The number of carbonyl (C=O) groups excluding carboxylic acids is 2. The first-order valence-corrected chi connectivity index (χ1v) is 10.3. The largest absolute Gasteiger partial charge is 0.497 e. The molecule has 0 radical (unpaired) electrons. The summed E-state index contributed by atoms with van der Waals surface area (Å²) in [6.45, 7) is 3.57. The minimum Gasteiger partial charge on any atom is -0.497 e. The van der Waals surface area contributed by atoms with Crippen LogP contribution < -0.4 is 24.8 Å². The van der Waals surface area contributed by atoms with E-state index in [0.29, 0.717) is 11.3 Å². The summed E-state index contributed by atoms with van der Waals surface area (Å²) >= 11 is 0. The average Bonchev–Trinajstić information content (AvgIpc) is 2.82. The number of nitro benzene ring substituents is 1. The van der Waals surface area contributed by atoms with Gasteiger partial charge in [0.25, 0.3) is 5.69 Å². The minimum absolute atomic E-state index is 0.0176. The summed E-state index contributed by atoms with van der Waals surface area (Å²) in [6, 6.07) is 7.34. The Bertz CT molecular complexity index is 1140. The number of nitrogens with zero attached hydrogens (tertiary/aromatic N) is 1. The molecule has 180 valence electrons. The third kappa shape index (κ3) is 4.87. The Morgan fingerprint density at radius 2 is 1.74 bits per heavy atom. The van der Waals surface area contributed by atoms with Gasteiger partial charge in [-0.15, -0.1) is 0 Å². The molecule has 11 nitrogen and oxygen atoms in total. The van der Waals surface area contributed by atoms with Gasteiger partial charge in [-0.2, -0.15) is 0 Å². The highest BCUT2D eigenvalue weighted by Crippen LogP contribution is 2.42. The van der Waals surface area contributed by atoms with Gasteiger partial charge >= 0.3 is 12.0 Å². The number of esters is 1. The number of nitro groups is 1. The lowest BCUT2D eigenvalue weighted by atomic mass is 9.91. The van der Waals surface area contributed by atoms with Crippen LogP contribution in [0.15, 0.2) is 42.0 Å². The van der Waals surface area contributed by atoms with Crippen LogP contribution in [0.4, 0.5) is 10.5 Å². The third-order valence-corrected chi connectivity index (χ3v) is 5.04. The fourth-order valence-corrected chi connectivity index (χ4v) is 3.57. The molecule has 0 saturated carbocycles. The number of hydrogen-bond acceptors (Lipinski definition) is 8. The van der Waals surface area contributed by atoms with E-state index in [1.165, 1.54) is 33.5 Å². The average molecular weight is 471 g/mol. The fourth-order valence-electron chi connectivity index (χ4n) is 3.57. The molecule has 2 aromatic carbocycles. The van der Waals surface area contributed by atoms with E-state index in [1.54, 1.807) is 38.1 Å². The van der Waals surface area contributed by atoms with Gasteiger partial charge in [-0.3, -0.25) is 10.1 Å². The van der Waals surface area contributed by atoms with Crippen molar-refractivity contribution in [3.05, 3.63) is 63.2 Å². The zero-order valence-electron chi connectivity index (χ0n) is 19.3. The summed E-state index contributed by atoms with van der Waals surface area (Å²) in [4.78, 5) is 36.9. The molecule has 2 amide bonds. The van der Waals surface area contributed by atoms with Crippen molar-refractivity contribution in [3.63, 3.8) is 0 Å². The van der Waals surface area contributed by atoms with Crippen LogP contribution in [-0.2, 0) is 9.53 Å². The molecule has 0 spiro atoms. The lowest BCUT2D eigenvalue weighted by Crippen LogP contribution is -2.45. The van der Waals surface area contributed by atoms with Gasteiger partial charge in [0.05, 0.1) is 61.3 Å². The van der Waals surface area contributed by atoms with Crippen molar-refractivity contribution in [2.75, 3.05) is 21.3 Å². The number of rotatable bonds is 8. The molecular formula is C23H25N3O8. The molecular weight excluding hydrogens is 446 g/mol. The molecule has 0 saturated heterocycles. The van der Waals surface area contributed by atoms with E-state index in [1.807, 2.05) is 0 Å². The molecule has 0 aliphatic carbocycles. The van der Waals surface area contributed by atoms with Gasteiger partial charge in [-0.05, 0) is 49.7 Å². The van der Waals surface area contributed by atoms with Gasteiger partial charge in [-0.25, -0.2) is 9.59 Å². The Morgan fingerprint density at radius 3 is 2.26 bits per heavy atom.